The van der Waals surface area contributed by atoms with E-state index in [1.165, 1.54) is 12.1 Å². The highest BCUT2D eigenvalue weighted by molar-refractivity contribution is 7.85. The zero-order valence-corrected chi connectivity index (χ0v) is 14.6. The largest absolute Gasteiger partial charge is 0.319 e. The number of fused-ring (bicyclic) bond motifs is 1. The zero-order chi connectivity index (χ0) is 18.1. The Labute approximate surface area is 151 Å². The predicted molar refractivity (Wildman–Crippen MR) is 101 cm³/mol. The van der Waals surface area contributed by atoms with Crippen molar-refractivity contribution in [3.8, 4) is 11.4 Å². The molecule has 4 aromatic rings. The van der Waals surface area contributed by atoms with E-state index in [1.807, 2.05) is 65.2 Å². The van der Waals surface area contributed by atoms with E-state index in [-0.39, 0.29) is 4.90 Å². The summed E-state index contributed by atoms with van der Waals surface area (Å²) in [4.78, 5) is 4.55. The fourth-order valence-corrected chi connectivity index (χ4v) is 3.50. The fourth-order valence-electron chi connectivity index (χ4n) is 3.00. The van der Waals surface area contributed by atoms with Crippen molar-refractivity contribution >= 4 is 21.2 Å². The number of rotatable bonds is 4. The maximum Gasteiger partial charge on any atom is 0.294 e. The van der Waals surface area contributed by atoms with Gasteiger partial charge in [-0.05, 0) is 23.8 Å². The summed E-state index contributed by atoms with van der Waals surface area (Å²) in [5.41, 5.74) is 3.34. The van der Waals surface area contributed by atoms with Crippen molar-refractivity contribution in [2.75, 3.05) is 0 Å². The maximum atomic E-state index is 11.5. The molecule has 0 amide bonds. The molecule has 5 nitrogen and oxygen atoms in total. The van der Waals surface area contributed by atoms with Crippen molar-refractivity contribution < 1.29 is 13.0 Å². The minimum Gasteiger partial charge on any atom is -0.319 e. The van der Waals surface area contributed by atoms with Crippen LogP contribution in [0.5, 0.6) is 0 Å². The van der Waals surface area contributed by atoms with Crippen LogP contribution in [-0.4, -0.2) is 22.5 Å². The van der Waals surface area contributed by atoms with Gasteiger partial charge in [0.1, 0.15) is 5.82 Å². The Balaban J connectivity index is 1.96. The molecule has 3 aromatic carbocycles. The number of hydrogen-bond donors (Lipinski definition) is 1. The first-order chi connectivity index (χ1) is 12.5. The van der Waals surface area contributed by atoms with Gasteiger partial charge in [0.2, 0.25) is 0 Å². The highest BCUT2D eigenvalue weighted by Crippen LogP contribution is 2.27. The molecular weight excluding hydrogens is 348 g/mol. The quantitative estimate of drug-likeness (QED) is 0.556. The SMILES string of the molecule is O=S(=O)(O)c1ccc2nc(-c3ccccc3)n(Cc3ccccc3)c2c1. The molecule has 0 saturated carbocycles. The third kappa shape index (κ3) is 3.12. The normalized spacial score (nSPS) is 11.7. The van der Waals surface area contributed by atoms with Crippen LogP contribution in [0.15, 0.2) is 83.8 Å². The van der Waals surface area contributed by atoms with Gasteiger partial charge in [-0.3, -0.25) is 4.55 Å². The van der Waals surface area contributed by atoms with Crippen LogP contribution >= 0.6 is 0 Å². The first kappa shape index (κ1) is 16.5. The van der Waals surface area contributed by atoms with Crippen LogP contribution in [0.2, 0.25) is 0 Å². The molecule has 0 radical (unpaired) electrons. The van der Waals surface area contributed by atoms with Gasteiger partial charge >= 0.3 is 0 Å². The Morgan fingerprint density at radius 2 is 1.54 bits per heavy atom. The summed E-state index contributed by atoms with van der Waals surface area (Å²) in [6.45, 7) is 0.538. The Bertz CT molecular complexity index is 1170. The first-order valence-electron chi connectivity index (χ1n) is 8.09. The molecule has 0 bridgehead atoms. The molecule has 1 N–H and O–H groups in total. The number of aromatic nitrogens is 2. The molecular formula is C20H16N2O3S. The van der Waals surface area contributed by atoms with Crippen LogP contribution in [0.1, 0.15) is 5.56 Å². The Hall–Kier alpha value is -2.96. The van der Waals surface area contributed by atoms with Gasteiger partial charge in [0.05, 0.1) is 15.9 Å². The number of benzene rings is 3. The van der Waals surface area contributed by atoms with E-state index < -0.39 is 10.1 Å². The summed E-state index contributed by atoms with van der Waals surface area (Å²) in [6, 6.07) is 24.1. The van der Waals surface area contributed by atoms with Gasteiger partial charge in [-0.2, -0.15) is 8.42 Å². The topological polar surface area (TPSA) is 72.2 Å². The highest BCUT2D eigenvalue weighted by Gasteiger charge is 2.17. The van der Waals surface area contributed by atoms with Crippen LogP contribution in [0.25, 0.3) is 22.4 Å². The molecule has 1 aromatic heterocycles. The lowest BCUT2D eigenvalue weighted by Gasteiger charge is -2.10. The molecule has 0 aliphatic heterocycles. The molecule has 0 fully saturated rings. The lowest BCUT2D eigenvalue weighted by molar-refractivity contribution is 0.483. The third-order valence-electron chi connectivity index (χ3n) is 4.23. The van der Waals surface area contributed by atoms with Gasteiger partial charge in [0.15, 0.2) is 0 Å². The molecule has 0 spiro atoms. The Morgan fingerprint density at radius 1 is 0.885 bits per heavy atom. The molecule has 0 atom stereocenters. The predicted octanol–water partition coefficient (Wildman–Crippen LogP) is 4.00. The average Bonchev–Trinajstić information content (AvgIpc) is 3.00. The summed E-state index contributed by atoms with van der Waals surface area (Å²) < 4.78 is 34.5. The molecule has 1 heterocycles. The fraction of sp³-hybridized carbons (Fsp3) is 0.0500. The van der Waals surface area contributed by atoms with Gasteiger partial charge < -0.3 is 4.57 Å². The zero-order valence-electron chi connectivity index (χ0n) is 13.8. The van der Waals surface area contributed by atoms with Crippen molar-refractivity contribution in [2.24, 2.45) is 0 Å². The molecule has 0 aliphatic rings. The Morgan fingerprint density at radius 3 is 2.19 bits per heavy atom. The number of imidazole rings is 1. The van der Waals surface area contributed by atoms with Crippen LogP contribution < -0.4 is 0 Å². The second-order valence-corrected chi connectivity index (χ2v) is 7.42. The van der Waals surface area contributed by atoms with Gasteiger partial charge in [0, 0.05) is 12.1 Å². The van der Waals surface area contributed by atoms with E-state index in [9.17, 15) is 13.0 Å². The van der Waals surface area contributed by atoms with E-state index in [4.69, 9.17) is 0 Å². The van der Waals surface area contributed by atoms with Crippen LogP contribution in [0.4, 0.5) is 0 Å². The summed E-state index contributed by atoms with van der Waals surface area (Å²) in [5.74, 6) is 0.747. The molecule has 0 unspecified atom stereocenters. The monoisotopic (exact) mass is 364 g/mol. The van der Waals surface area contributed by atoms with Gasteiger partial charge in [0.25, 0.3) is 10.1 Å². The van der Waals surface area contributed by atoms with Crippen LogP contribution in [0.3, 0.4) is 0 Å². The summed E-state index contributed by atoms with van der Waals surface area (Å²) in [7, 11) is -4.28. The van der Waals surface area contributed by atoms with Crippen LogP contribution in [-0.2, 0) is 16.7 Å². The van der Waals surface area contributed by atoms with E-state index >= 15 is 0 Å². The molecule has 0 saturated heterocycles. The molecule has 130 valence electrons. The van der Waals surface area contributed by atoms with Gasteiger partial charge in [-0.1, -0.05) is 60.7 Å². The van der Waals surface area contributed by atoms with Crippen molar-refractivity contribution in [1.82, 2.24) is 9.55 Å². The van der Waals surface area contributed by atoms with Gasteiger partial charge in [-0.25, -0.2) is 4.98 Å². The van der Waals surface area contributed by atoms with Crippen molar-refractivity contribution in [2.45, 2.75) is 11.4 Å². The van der Waals surface area contributed by atoms with Crippen LogP contribution in [0, 0.1) is 0 Å². The van der Waals surface area contributed by atoms with E-state index in [2.05, 4.69) is 4.98 Å². The first-order valence-corrected chi connectivity index (χ1v) is 9.53. The lowest BCUT2D eigenvalue weighted by Crippen LogP contribution is -2.03. The number of nitrogens with zero attached hydrogens (tertiary/aromatic N) is 2. The van der Waals surface area contributed by atoms with E-state index in [0.29, 0.717) is 17.6 Å². The number of hydrogen-bond acceptors (Lipinski definition) is 3. The Kier molecular flexibility index (Phi) is 4.06. The second kappa shape index (κ2) is 6.40. The molecule has 0 aliphatic carbocycles. The molecule has 26 heavy (non-hydrogen) atoms. The van der Waals surface area contributed by atoms with Crippen molar-refractivity contribution in [3.05, 3.63) is 84.4 Å². The lowest BCUT2D eigenvalue weighted by atomic mass is 10.2. The minimum atomic E-state index is -4.28. The maximum absolute atomic E-state index is 11.5. The van der Waals surface area contributed by atoms with Crippen molar-refractivity contribution in [1.29, 1.82) is 0 Å². The second-order valence-electron chi connectivity index (χ2n) is 6.00. The minimum absolute atomic E-state index is 0.140. The smallest absolute Gasteiger partial charge is 0.294 e. The summed E-state index contributed by atoms with van der Waals surface area (Å²) in [6.07, 6.45) is 0. The van der Waals surface area contributed by atoms with E-state index in [1.54, 1.807) is 6.07 Å². The summed E-state index contributed by atoms with van der Waals surface area (Å²) >= 11 is 0. The van der Waals surface area contributed by atoms with Gasteiger partial charge in [-0.15, -0.1) is 0 Å². The highest BCUT2D eigenvalue weighted by atomic mass is 32.2. The van der Waals surface area contributed by atoms with Crippen molar-refractivity contribution in [3.63, 3.8) is 0 Å². The standard InChI is InChI=1S/C20H16N2O3S/c23-26(24,25)17-11-12-18-19(13-17)22(14-15-7-3-1-4-8-15)20(21-18)16-9-5-2-6-10-16/h1-13H,14H2,(H,23,24,25). The molecule has 6 heteroatoms. The third-order valence-corrected chi connectivity index (χ3v) is 5.08. The average molecular weight is 364 g/mol. The molecule has 4 rings (SSSR count). The summed E-state index contributed by atoms with van der Waals surface area (Å²) in [5, 5.41) is 0. The van der Waals surface area contributed by atoms with E-state index in [0.717, 1.165) is 17.0 Å².